The van der Waals surface area contributed by atoms with Crippen LogP contribution in [0.2, 0.25) is 0 Å². The molecule has 0 amide bonds. The van der Waals surface area contributed by atoms with Gasteiger partial charge in [-0.3, -0.25) is 0 Å². The van der Waals surface area contributed by atoms with Crippen LogP contribution in [0.25, 0.3) is 0 Å². The first-order valence-electron chi connectivity index (χ1n) is 7.39. The molecule has 0 spiro atoms. The highest BCUT2D eigenvalue weighted by atomic mass is 32.2. The van der Waals surface area contributed by atoms with Crippen LogP contribution in [-0.2, 0) is 10.0 Å². The van der Waals surface area contributed by atoms with Gasteiger partial charge < -0.3 is 10.6 Å². The molecule has 1 fully saturated rings. The van der Waals surface area contributed by atoms with Crippen LogP contribution >= 0.6 is 0 Å². The first-order valence-corrected chi connectivity index (χ1v) is 8.88. The lowest BCUT2D eigenvalue weighted by Crippen LogP contribution is -2.38. The molecule has 0 aliphatic carbocycles. The van der Waals surface area contributed by atoms with Crippen molar-refractivity contribution in [1.29, 1.82) is 0 Å². The second-order valence-corrected chi connectivity index (χ2v) is 7.94. The molecule has 21 heavy (non-hydrogen) atoms. The van der Waals surface area contributed by atoms with E-state index < -0.39 is 10.0 Å². The number of hydrogen-bond acceptors (Lipinski definition) is 4. The molecule has 0 atom stereocenters. The third kappa shape index (κ3) is 3.32. The Kier molecular flexibility index (Phi) is 4.49. The smallest absolute Gasteiger partial charge is 0.242 e. The number of nitrogens with two attached hydrogens (primary N) is 1. The number of nitrogens with zero attached hydrogens (tertiary/aromatic N) is 1. The highest BCUT2D eigenvalue weighted by molar-refractivity contribution is 7.89. The summed E-state index contributed by atoms with van der Waals surface area (Å²) >= 11 is 0. The normalized spacial score (nSPS) is 18.7. The van der Waals surface area contributed by atoms with Crippen LogP contribution < -0.4 is 15.4 Å². The first kappa shape index (κ1) is 16.1. The van der Waals surface area contributed by atoms with E-state index in [4.69, 9.17) is 5.73 Å². The summed E-state index contributed by atoms with van der Waals surface area (Å²) in [6.07, 6.45) is 3.50. The molecule has 1 aromatic carbocycles. The summed E-state index contributed by atoms with van der Waals surface area (Å²) in [7, 11) is -2.10. The maximum Gasteiger partial charge on any atom is 0.242 e. The van der Waals surface area contributed by atoms with Gasteiger partial charge in [0, 0.05) is 18.8 Å². The largest absolute Gasteiger partial charge is 0.398 e. The number of sulfonamides is 1. The Labute approximate surface area is 127 Å². The van der Waals surface area contributed by atoms with Gasteiger partial charge in [-0.1, -0.05) is 20.3 Å². The van der Waals surface area contributed by atoms with E-state index in [9.17, 15) is 8.42 Å². The van der Waals surface area contributed by atoms with Crippen LogP contribution in [0.5, 0.6) is 0 Å². The van der Waals surface area contributed by atoms with Gasteiger partial charge in [-0.2, -0.15) is 0 Å². The highest BCUT2D eigenvalue weighted by Crippen LogP contribution is 2.36. The summed E-state index contributed by atoms with van der Waals surface area (Å²) in [6, 6.07) is 5.19. The second-order valence-electron chi connectivity index (χ2n) is 6.08. The van der Waals surface area contributed by atoms with Crippen molar-refractivity contribution in [3.63, 3.8) is 0 Å². The molecular weight excluding hydrogens is 286 g/mol. The Bertz CT molecular complexity index is 605. The number of benzene rings is 1. The minimum absolute atomic E-state index is 0.143. The van der Waals surface area contributed by atoms with Crippen molar-refractivity contribution in [1.82, 2.24) is 4.72 Å². The Morgan fingerprint density at radius 1 is 1.33 bits per heavy atom. The van der Waals surface area contributed by atoms with Gasteiger partial charge in [-0.15, -0.1) is 0 Å². The fraction of sp³-hybridized carbons (Fsp3) is 0.600. The molecular formula is C15H25N3O2S. The molecule has 118 valence electrons. The number of rotatable bonds is 4. The molecule has 0 unspecified atom stereocenters. The Balaban J connectivity index is 2.19. The first-order chi connectivity index (χ1) is 9.81. The number of piperidine rings is 1. The van der Waals surface area contributed by atoms with E-state index in [1.165, 1.54) is 13.5 Å². The summed E-state index contributed by atoms with van der Waals surface area (Å²) in [5.74, 6) is 0. The molecule has 5 nitrogen and oxygen atoms in total. The fourth-order valence-corrected chi connectivity index (χ4v) is 3.58. The van der Waals surface area contributed by atoms with Gasteiger partial charge in [0.05, 0.1) is 5.69 Å². The Morgan fingerprint density at radius 2 is 1.95 bits per heavy atom. The zero-order chi connectivity index (χ0) is 15.7. The lowest BCUT2D eigenvalue weighted by atomic mass is 9.78. The van der Waals surface area contributed by atoms with E-state index in [1.54, 1.807) is 12.1 Å². The molecule has 6 heteroatoms. The van der Waals surface area contributed by atoms with E-state index in [0.717, 1.165) is 31.6 Å². The topological polar surface area (TPSA) is 75.4 Å². The Hall–Kier alpha value is -1.27. The predicted molar refractivity (Wildman–Crippen MR) is 86.9 cm³/mol. The summed E-state index contributed by atoms with van der Waals surface area (Å²) in [5, 5.41) is 0. The molecule has 3 N–H and O–H groups in total. The quantitative estimate of drug-likeness (QED) is 0.836. The lowest BCUT2D eigenvalue weighted by molar-refractivity contribution is 0.238. The van der Waals surface area contributed by atoms with Crippen molar-refractivity contribution < 1.29 is 8.42 Å². The fourth-order valence-electron chi connectivity index (χ4n) is 2.75. The van der Waals surface area contributed by atoms with Gasteiger partial charge in [0.15, 0.2) is 0 Å². The van der Waals surface area contributed by atoms with Crippen molar-refractivity contribution in [2.24, 2.45) is 5.41 Å². The summed E-state index contributed by atoms with van der Waals surface area (Å²) < 4.78 is 26.0. The third-order valence-corrected chi connectivity index (χ3v) is 6.23. The Morgan fingerprint density at radius 3 is 2.43 bits per heavy atom. The summed E-state index contributed by atoms with van der Waals surface area (Å²) in [4.78, 5) is 2.42. The van der Waals surface area contributed by atoms with Crippen LogP contribution in [0.4, 0.5) is 11.4 Å². The molecule has 0 radical (unpaired) electrons. The third-order valence-electron chi connectivity index (χ3n) is 4.74. The van der Waals surface area contributed by atoms with Crippen molar-refractivity contribution in [3.05, 3.63) is 18.2 Å². The second kappa shape index (κ2) is 5.85. The highest BCUT2D eigenvalue weighted by Gasteiger charge is 2.28. The van der Waals surface area contributed by atoms with Crippen LogP contribution in [0, 0.1) is 5.41 Å². The molecule has 1 saturated heterocycles. The summed E-state index contributed by atoms with van der Waals surface area (Å²) in [5.41, 5.74) is 7.65. The molecule has 0 bridgehead atoms. The number of nitrogens with one attached hydrogen (secondary N) is 1. The molecule has 1 heterocycles. The SMILES string of the molecule is CCC1(C)CCN(c2ccc(S(=O)(=O)NC)c(N)c2)CC1. The summed E-state index contributed by atoms with van der Waals surface area (Å²) in [6.45, 7) is 6.55. The lowest BCUT2D eigenvalue weighted by Gasteiger charge is -2.40. The van der Waals surface area contributed by atoms with E-state index in [0.29, 0.717) is 11.1 Å². The maximum absolute atomic E-state index is 11.8. The van der Waals surface area contributed by atoms with E-state index >= 15 is 0 Å². The minimum atomic E-state index is -3.49. The van der Waals surface area contributed by atoms with Crippen LogP contribution in [0.1, 0.15) is 33.1 Å². The predicted octanol–water partition coefficient (Wildman–Crippen LogP) is 2.19. The van der Waals surface area contributed by atoms with Gasteiger partial charge in [0.2, 0.25) is 10.0 Å². The van der Waals surface area contributed by atoms with Crippen LogP contribution in [0.3, 0.4) is 0 Å². The minimum Gasteiger partial charge on any atom is -0.398 e. The number of anilines is 2. The standard InChI is InChI=1S/C15H25N3O2S/c1-4-15(2)7-9-18(10-8-15)12-5-6-14(13(16)11-12)21(19,20)17-3/h5-6,11,17H,4,7-10,16H2,1-3H3. The number of hydrogen-bond donors (Lipinski definition) is 2. The zero-order valence-electron chi connectivity index (χ0n) is 13.0. The van der Waals surface area contributed by atoms with E-state index in [-0.39, 0.29) is 4.90 Å². The van der Waals surface area contributed by atoms with Crippen LogP contribution in [-0.4, -0.2) is 28.6 Å². The van der Waals surface area contributed by atoms with Crippen LogP contribution in [0.15, 0.2) is 23.1 Å². The average Bonchev–Trinajstić information content (AvgIpc) is 2.47. The van der Waals surface area contributed by atoms with Crippen molar-refractivity contribution in [2.75, 3.05) is 30.8 Å². The monoisotopic (exact) mass is 311 g/mol. The maximum atomic E-state index is 11.8. The molecule has 1 aliphatic heterocycles. The average molecular weight is 311 g/mol. The van der Waals surface area contributed by atoms with Gasteiger partial charge in [0.25, 0.3) is 0 Å². The molecule has 0 saturated carbocycles. The zero-order valence-corrected chi connectivity index (χ0v) is 13.8. The molecule has 2 rings (SSSR count). The van der Waals surface area contributed by atoms with Crippen molar-refractivity contribution in [2.45, 2.75) is 38.0 Å². The molecule has 0 aromatic heterocycles. The van der Waals surface area contributed by atoms with Crippen molar-refractivity contribution >= 4 is 21.4 Å². The molecule has 1 aliphatic rings. The van der Waals surface area contributed by atoms with Crippen molar-refractivity contribution in [3.8, 4) is 0 Å². The number of nitrogen functional groups attached to an aromatic ring is 1. The van der Waals surface area contributed by atoms with Gasteiger partial charge >= 0.3 is 0 Å². The van der Waals surface area contributed by atoms with Gasteiger partial charge in [-0.05, 0) is 43.5 Å². The van der Waals surface area contributed by atoms with E-state index in [2.05, 4.69) is 23.5 Å². The van der Waals surface area contributed by atoms with E-state index in [1.807, 2.05) is 6.07 Å². The molecule has 1 aromatic rings. The van der Waals surface area contributed by atoms with Gasteiger partial charge in [-0.25, -0.2) is 13.1 Å². The van der Waals surface area contributed by atoms with Gasteiger partial charge in [0.1, 0.15) is 4.90 Å².